The summed E-state index contributed by atoms with van der Waals surface area (Å²) in [5.74, 6) is 0.354. The lowest BCUT2D eigenvalue weighted by atomic mass is 10.0. The molecule has 0 aliphatic carbocycles. The molecule has 28 heavy (non-hydrogen) atoms. The van der Waals surface area contributed by atoms with Crippen molar-refractivity contribution >= 4 is 57.7 Å². The van der Waals surface area contributed by atoms with Crippen molar-refractivity contribution < 1.29 is 14.3 Å². The number of amides is 1. The van der Waals surface area contributed by atoms with Crippen LogP contribution in [0.3, 0.4) is 0 Å². The van der Waals surface area contributed by atoms with Crippen LogP contribution in [0.25, 0.3) is 10.8 Å². The molecule has 0 aliphatic heterocycles. The number of hydrogen-bond acceptors (Lipinski definition) is 4. The third-order valence-electron chi connectivity index (χ3n) is 3.84. The van der Waals surface area contributed by atoms with Gasteiger partial charge in [-0.15, -0.1) is 0 Å². The van der Waals surface area contributed by atoms with E-state index in [0.29, 0.717) is 10.8 Å². The summed E-state index contributed by atoms with van der Waals surface area (Å²) in [7, 11) is 1.58. The van der Waals surface area contributed by atoms with Gasteiger partial charge < -0.3 is 9.47 Å². The average molecular weight is 438 g/mol. The Labute approximate surface area is 176 Å². The van der Waals surface area contributed by atoms with E-state index in [2.05, 4.69) is 10.5 Å². The molecule has 3 aromatic rings. The number of nitrogens with zero attached hydrogens (tertiary/aromatic N) is 1. The molecule has 0 spiro atoms. The van der Waals surface area contributed by atoms with E-state index in [0.717, 1.165) is 16.3 Å². The number of methoxy groups -OCH3 is 1. The Hall–Kier alpha value is -2.47. The number of fused-ring (bicyclic) bond motifs is 1. The van der Waals surface area contributed by atoms with Gasteiger partial charge in [0.2, 0.25) is 0 Å². The molecule has 144 valence electrons. The predicted molar refractivity (Wildman–Crippen MR) is 113 cm³/mol. The van der Waals surface area contributed by atoms with Gasteiger partial charge >= 0.3 is 0 Å². The number of nitrogens with one attached hydrogen (secondary N) is 1. The molecule has 1 N–H and O–H groups in total. The van der Waals surface area contributed by atoms with Crippen LogP contribution >= 0.6 is 34.8 Å². The molecule has 3 rings (SSSR count). The second-order valence-electron chi connectivity index (χ2n) is 5.68. The molecule has 5 nitrogen and oxygen atoms in total. The van der Waals surface area contributed by atoms with Gasteiger partial charge in [-0.25, -0.2) is 5.43 Å². The van der Waals surface area contributed by atoms with E-state index in [9.17, 15) is 4.79 Å². The van der Waals surface area contributed by atoms with Crippen LogP contribution in [0.15, 0.2) is 53.6 Å². The Morgan fingerprint density at radius 3 is 2.54 bits per heavy atom. The van der Waals surface area contributed by atoms with Gasteiger partial charge in [0.05, 0.1) is 23.4 Å². The number of carbonyl (C=O) groups is 1. The number of ether oxygens (including phenoxy) is 2. The molecular weight excluding hydrogens is 423 g/mol. The van der Waals surface area contributed by atoms with E-state index in [1.807, 2.05) is 36.4 Å². The number of rotatable bonds is 6. The summed E-state index contributed by atoms with van der Waals surface area (Å²) in [5.41, 5.74) is 3.16. The van der Waals surface area contributed by atoms with E-state index in [1.54, 1.807) is 7.11 Å². The van der Waals surface area contributed by atoms with Crippen molar-refractivity contribution in [2.75, 3.05) is 13.7 Å². The molecular formula is C20H15Cl3N2O3. The van der Waals surface area contributed by atoms with Gasteiger partial charge in [-0.1, -0.05) is 65.1 Å². The molecule has 8 heteroatoms. The van der Waals surface area contributed by atoms with Gasteiger partial charge in [0, 0.05) is 10.6 Å². The number of carbonyl (C=O) groups excluding carboxylic acids is 1. The van der Waals surface area contributed by atoms with Gasteiger partial charge in [-0.05, 0) is 29.0 Å². The molecule has 3 aromatic carbocycles. The Balaban J connectivity index is 1.68. The van der Waals surface area contributed by atoms with Crippen LogP contribution < -0.4 is 14.9 Å². The molecule has 0 radical (unpaired) electrons. The van der Waals surface area contributed by atoms with E-state index in [4.69, 9.17) is 44.3 Å². The van der Waals surface area contributed by atoms with Crippen LogP contribution in [0.2, 0.25) is 15.1 Å². The molecule has 0 unspecified atom stereocenters. The van der Waals surface area contributed by atoms with E-state index < -0.39 is 5.91 Å². The molecule has 0 atom stereocenters. The molecule has 1 amide bonds. The lowest BCUT2D eigenvalue weighted by molar-refractivity contribution is -0.123. The van der Waals surface area contributed by atoms with Crippen molar-refractivity contribution in [2.45, 2.75) is 0 Å². The van der Waals surface area contributed by atoms with E-state index in [1.165, 1.54) is 18.3 Å². The van der Waals surface area contributed by atoms with Gasteiger partial charge in [0.15, 0.2) is 12.4 Å². The molecule has 0 aromatic heterocycles. The van der Waals surface area contributed by atoms with Crippen molar-refractivity contribution in [3.63, 3.8) is 0 Å². The second-order valence-corrected chi connectivity index (χ2v) is 6.93. The monoisotopic (exact) mass is 436 g/mol. The fourth-order valence-corrected chi connectivity index (χ4v) is 3.52. The van der Waals surface area contributed by atoms with E-state index >= 15 is 0 Å². The number of benzene rings is 3. The topological polar surface area (TPSA) is 59.9 Å². The summed E-state index contributed by atoms with van der Waals surface area (Å²) < 4.78 is 10.8. The highest BCUT2D eigenvalue weighted by molar-refractivity contribution is 6.40. The van der Waals surface area contributed by atoms with Crippen LogP contribution in [0, 0.1) is 0 Å². The first-order chi connectivity index (χ1) is 13.5. The molecule has 0 saturated heterocycles. The van der Waals surface area contributed by atoms with E-state index in [-0.39, 0.29) is 22.4 Å². The normalized spacial score (nSPS) is 11.0. The van der Waals surface area contributed by atoms with Gasteiger partial charge in [-0.2, -0.15) is 5.10 Å². The third kappa shape index (κ3) is 4.68. The van der Waals surface area contributed by atoms with Gasteiger partial charge in [-0.3, -0.25) is 4.79 Å². The third-order valence-corrected chi connectivity index (χ3v) is 4.62. The van der Waals surface area contributed by atoms with Crippen molar-refractivity contribution in [3.05, 3.63) is 69.2 Å². The maximum Gasteiger partial charge on any atom is 0.277 e. The van der Waals surface area contributed by atoms with Crippen molar-refractivity contribution in [1.29, 1.82) is 0 Å². The molecule has 0 fully saturated rings. The average Bonchev–Trinajstić information content (AvgIpc) is 2.67. The van der Waals surface area contributed by atoms with Gasteiger partial charge in [0.25, 0.3) is 5.91 Å². The number of halogens is 3. The summed E-state index contributed by atoms with van der Waals surface area (Å²) in [5, 5.41) is 6.80. The lowest BCUT2D eigenvalue weighted by Crippen LogP contribution is -2.24. The first kappa shape index (κ1) is 20.3. The SMILES string of the molecule is COc1ccc2ccccc2c1C=NNC(=O)COc1c(Cl)cc(Cl)cc1Cl. The second kappa shape index (κ2) is 9.15. The first-order valence-corrected chi connectivity index (χ1v) is 9.28. The van der Waals surface area contributed by atoms with Crippen molar-refractivity contribution in [3.8, 4) is 11.5 Å². The summed E-state index contributed by atoms with van der Waals surface area (Å²) >= 11 is 17.9. The maximum atomic E-state index is 12.0. The Morgan fingerprint density at radius 1 is 1.11 bits per heavy atom. The highest BCUT2D eigenvalue weighted by Crippen LogP contribution is 2.35. The van der Waals surface area contributed by atoms with Crippen LogP contribution in [0.4, 0.5) is 0 Å². The zero-order chi connectivity index (χ0) is 20.1. The Kier molecular flexibility index (Phi) is 6.62. The quantitative estimate of drug-likeness (QED) is 0.418. The van der Waals surface area contributed by atoms with Crippen LogP contribution in [-0.2, 0) is 4.79 Å². The van der Waals surface area contributed by atoms with Crippen molar-refractivity contribution in [2.24, 2.45) is 5.10 Å². The zero-order valence-electron chi connectivity index (χ0n) is 14.7. The van der Waals surface area contributed by atoms with Crippen molar-refractivity contribution in [1.82, 2.24) is 5.43 Å². The largest absolute Gasteiger partial charge is 0.496 e. The van der Waals surface area contributed by atoms with Crippen LogP contribution in [-0.4, -0.2) is 25.8 Å². The minimum absolute atomic E-state index is 0.183. The predicted octanol–water partition coefficient (Wildman–Crippen LogP) is 5.34. The van der Waals surface area contributed by atoms with Crippen LogP contribution in [0.5, 0.6) is 11.5 Å². The fourth-order valence-electron chi connectivity index (χ4n) is 2.59. The van der Waals surface area contributed by atoms with Crippen LogP contribution in [0.1, 0.15) is 5.56 Å². The minimum Gasteiger partial charge on any atom is -0.496 e. The Bertz CT molecular complexity index is 1030. The summed E-state index contributed by atoms with van der Waals surface area (Å²) in [6, 6.07) is 14.6. The number of hydrogen-bond donors (Lipinski definition) is 1. The molecule has 0 bridgehead atoms. The minimum atomic E-state index is -0.475. The number of hydrazone groups is 1. The highest BCUT2D eigenvalue weighted by atomic mass is 35.5. The summed E-state index contributed by atoms with van der Waals surface area (Å²) in [6.45, 7) is -0.314. The Morgan fingerprint density at radius 2 is 1.82 bits per heavy atom. The molecule has 0 heterocycles. The molecule has 0 aliphatic rings. The summed E-state index contributed by atoms with van der Waals surface area (Å²) in [4.78, 5) is 12.0. The standard InChI is InChI=1S/C20H15Cl3N2O3/c1-27-18-7-6-12-4-2-3-5-14(12)15(18)10-24-25-19(26)11-28-20-16(22)8-13(21)9-17(20)23/h2-10H,11H2,1H3,(H,25,26). The highest BCUT2D eigenvalue weighted by Gasteiger charge is 2.11. The maximum absolute atomic E-state index is 12.0. The lowest BCUT2D eigenvalue weighted by Gasteiger charge is -2.10. The first-order valence-electron chi connectivity index (χ1n) is 8.14. The van der Waals surface area contributed by atoms with Gasteiger partial charge in [0.1, 0.15) is 5.75 Å². The fraction of sp³-hybridized carbons (Fsp3) is 0.100. The smallest absolute Gasteiger partial charge is 0.277 e. The summed E-state index contributed by atoms with van der Waals surface area (Å²) in [6.07, 6.45) is 1.53. The molecule has 0 saturated carbocycles. The zero-order valence-corrected chi connectivity index (χ0v) is 17.0.